The Labute approximate surface area is 126 Å². The number of benzene rings is 1. The van der Waals surface area contributed by atoms with Gasteiger partial charge in [0.25, 0.3) is 5.89 Å². The second kappa shape index (κ2) is 6.58. The smallest absolute Gasteiger partial charge is 0.257 e. The minimum atomic E-state index is -0.143. The van der Waals surface area contributed by atoms with E-state index < -0.39 is 0 Å². The Kier molecular flexibility index (Phi) is 4.57. The first-order chi connectivity index (χ1) is 9.83. The fourth-order valence-electron chi connectivity index (χ4n) is 1.89. The number of hydrogen-bond acceptors (Lipinski definition) is 6. The van der Waals surface area contributed by atoms with Crippen LogP contribution in [0.3, 0.4) is 0 Å². The van der Waals surface area contributed by atoms with Crippen LogP contribution in [0.15, 0.2) is 33.7 Å². The molecule has 0 radical (unpaired) electrons. The van der Waals surface area contributed by atoms with Crippen molar-refractivity contribution in [3.05, 3.63) is 41.0 Å². The van der Waals surface area contributed by atoms with E-state index in [-0.39, 0.29) is 6.10 Å². The molecule has 2 aromatic rings. The molecule has 1 saturated heterocycles. The molecule has 0 bridgehead atoms. The monoisotopic (exact) mass is 311 g/mol. The van der Waals surface area contributed by atoms with Crippen LogP contribution in [0.5, 0.6) is 0 Å². The summed E-state index contributed by atoms with van der Waals surface area (Å²) in [5.74, 6) is 1.80. The zero-order valence-corrected chi connectivity index (χ0v) is 12.3. The number of morpholine rings is 1. The Hall–Kier alpha value is -1.08. The molecule has 2 heterocycles. The van der Waals surface area contributed by atoms with Gasteiger partial charge in [-0.1, -0.05) is 28.9 Å². The summed E-state index contributed by atoms with van der Waals surface area (Å²) in [6.45, 7) is 2.23. The number of nitrogens with zero attached hydrogens (tertiary/aromatic N) is 2. The minimum Gasteiger partial charge on any atom is -0.366 e. The Balaban J connectivity index is 1.61. The van der Waals surface area contributed by atoms with Gasteiger partial charge in [0.2, 0.25) is 0 Å². The lowest BCUT2D eigenvalue weighted by atomic mass is 10.3. The molecule has 1 aliphatic heterocycles. The number of aromatic nitrogens is 2. The Bertz CT molecular complexity index is 572. The predicted octanol–water partition coefficient (Wildman–Crippen LogP) is 2.68. The average Bonchev–Trinajstić information content (AvgIpc) is 2.96. The third kappa shape index (κ3) is 3.32. The van der Waals surface area contributed by atoms with Crippen molar-refractivity contribution in [1.29, 1.82) is 0 Å². The first kappa shape index (κ1) is 13.9. The molecule has 1 N–H and O–H groups in total. The first-order valence-corrected chi connectivity index (χ1v) is 7.71. The molecular weight excluding hydrogens is 298 g/mol. The lowest BCUT2D eigenvalue weighted by Gasteiger charge is -2.19. The SMILES string of the molecule is Clc1ccccc1SCc1noc(C2CNCCO2)n1. The summed E-state index contributed by atoms with van der Waals surface area (Å²) in [7, 11) is 0. The molecule has 1 atom stereocenters. The molecule has 0 spiro atoms. The Morgan fingerprint density at radius 2 is 2.30 bits per heavy atom. The lowest BCUT2D eigenvalue weighted by Crippen LogP contribution is -2.33. The maximum Gasteiger partial charge on any atom is 0.257 e. The Morgan fingerprint density at radius 1 is 1.40 bits per heavy atom. The van der Waals surface area contributed by atoms with E-state index in [0.29, 0.717) is 30.6 Å². The zero-order valence-electron chi connectivity index (χ0n) is 10.7. The van der Waals surface area contributed by atoms with Crippen LogP contribution in [0, 0.1) is 0 Å². The standard InChI is InChI=1S/C13H14ClN3O2S/c14-9-3-1-2-4-11(9)20-8-12-16-13(19-17-12)10-7-15-5-6-18-10/h1-4,10,15H,5-8H2. The van der Waals surface area contributed by atoms with Crippen molar-refractivity contribution in [3.63, 3.8) is 0 Å². The van der Waals surface area contributed by atoms with Crippen LogP contribution in [0.2, 0.25) is 5.02 Å². The maximum absolute atomic E-state index is 6.10. The molecular formula is C13H14ClN3O2S. The van der Waals surface area contributed by atoms with Crippen LogP contribution >= 0.6 is 23.4 Å². The van der Waals surface area contributed by atoms with E-state index in [1.165, 1.54) is 0 Å². The van der Waals surface area contributed by atoms with E-state index in [2.05, 4.69) is 15.5 Å². The molecule has 1 fully saturated rings. The quantitative estimate of drug-likeness (QED) is 0.876. The number of rotatable bonds is 4. The van der Waals surface area contributed by atoms with Gasteiger partial charge in [-0.05, 0) is 12.1 Å². The molecule has 20 heavy (non-hydrogen) atoms. The van der Waals surface area contributed by atoms with Gasteiger partial charge in [0, 0.05) is 18.0 Å². The third-order valence-electron chi connectivity index (χ3n) is 2.88. The van der Waals surface area contributed by atoms with Crippen molar-refractivity contribution in [1.82, 2.24) is 15.5 Å². The molecule has 1 unspecified atom stereocenters. The normalized spacial score (nSPS) is 19.1. The average molecular weight is 312 g/mol. The van der Waals surface area contributed by atoms with Crippen LogP contribution in [-0.2, 0) is 10.5 Å². The molecule has 1 aliphatic rings. The van der Waals surface area contributed by atoms with Crippen LogP contribution in [0.4, 0.5) is 0 Å². The van der Waals surface area contributed by atoms with Crippen molar-refractivity contribution in [2.45, 2.75) is 16.8 Å². The first-order valence-electron chi connectivity index (χ1n) is 6.35. The van der Waals surface area contributed by atoms with E-state index in [1.807, 2.05) is 24.3 Å². The van der Waals surface area contributed by atoms with Crippen molar-refractivity contribution >= 4 is 23.4 Å². The maximum atomic E-state index is 6.10. The van der Waals surface area contributed by atoms with Gasteiger partial charge in [-0.25, -0.2) is 0 Å². The highest BCUT2D eigenvalue weighted by molar-refractivity contribution is 7.98. The minimum absolute atomic E-state index is 0.143. The fourth-order valence-corrected chi connectivity index (χ4v) is 2.97. The third-order valence-corrected chi connectivity index (χ3v) is 4.39. The van der Waals surface area contributed by atoms with Gasteiger partial charge < -0.3 is 14.6 Å². The highest BCUT2D eigenvalue weighted by atomic mass is 35.5. The largest absolute Gasteiger partial charge is 0.366 e. The van der Waals surface area contributed by atoms with E-state index >= 15 is 0 Å². The van der Waals surface area contributed by atoms with E-state index in [1.54, 1.807) is 11.8 Å². The highest BCUT2D eigenvalue weighted by Gasteiger charge is 2.22. The van der Waals surface area contributed by atoms with E-state index in [9.17, 15) is 0 Å². The van der Waals surface area contributed by atoms with E-state index in [0.717, 1.165) is 16.5 Å². The summed E-state index contributed by atoms with van der Waals surface area (Å²) in [4.78, 5) is 5.38. The molecule has 7 heteroatoms. The van der Waals surface area contributed by atoms with Gasteiger partial charge in [0.05, 0.1) is 17.4 Å². The van der Waals surface area contributed by atoms with Crippen LogP contribution in [0.25, 0.3) is 0 Å². The number of thioether (sulfide) groups is 1. The lowest BCUT2D eigenvalue weighted by molar-refractivity contribution is 0.00755. The van der Waals surface area contributed by atoms with Gasteiger partial charge in [0.1, 0.15) is 6.10 Å². The molecule has 1 aromatic heterocycles. The van der Waals surface area contributed by atoms with Crippen LogP contribution in [0.1, 0.15) is 17.8 Å². The second-order valence-electron chi connectivity index (χ2n) is 4.33. The van der Waals surface area contributed by atoms with Gasteiger partial charge in [-0.3, -0.25) is 0 Å². The van der Waals surface area contributed by atoms with Crippen LogP contribution < -0.4 is 5.32 Å². The van der Waals surface area contributed by atoms with Crippen molar-refractivity contribution in [2.75, 3.05) is 19.7 Å². The number of nitrogens with one attached hydrogen (secondary N) is 1. The molecule has 5 nitrogen and oxygen atoms in total. The van der Waals surface area contributed by atoms with Gasteiger partial charge in [0.15, 0.2) is 5.82 Å². The Morgan fingerprint density at radius 3 is 3.10 bits per heavy atom. The molecule has 0 aliphatic carbocycles. The highest BCUT2D eigenvalue weighted by Crippen LogP contribution is 2.29. The molecule has 0 saturated carbocycles. The summed E-state index contributed by atoms with van der Waals surface area (Å²) in [5.41, 5.74) is 0. The van der Waals surface area contributed by atoms with Crippen molar-refractivity contribution < 1.29 is 9.26 Å². The topological polar surface area (TPSA) is 60.2 Å². The number of hydrogen-bond donors (Lipinski definition) is 1. The van der Waals surface area contributed by atoms with Gasteiger partial charge >= 0.3 is 0 Å². The van der Waals surface area contributed by atoms with E-state index in [4.69, 9.17) is 20.9 Å². The van der Waals surface area contributed by atoms with Crippen LogP contribution in [-0.4, -0.2) is 29.8 Å². The molecule has 1 aromatic carbocycles. The molecule has 0 amide bonds. The number of halogens is 1. The van der Waals surface area contributed by atoms with Gasteiger partial charge in [-0.15, -0.1) is 11.8 Å². The molecule has 3 rings (SSSR count). The summed E-state index contributed by atoms with van der Waals surface area (Å²) in [6.07, 6.45) is -0.143. The predicted molar refractivity (Wildman–Crippen MR) is 76.9 cm³/mol. The van der Waals surface area contributed by atoms with Crippen molar-refractivity contribution in [3.8, 4) is 0 Å². The summed E-state index contributed by atoms with van der Waals surface area (Å²) < 4.78 is 10.8. The molecule has 106 valence electrons. The van der Waals surface area contributed by atoms with Crippen molar-refractivity contribution in [2.24, 2.45) is 0 Å². The number of ether oxygens (including phenoxy) is 1. The zero-order chi connectivity index (χ0) is 13.8. The summed E-state index contributed by atoms with van der Waals surface area (Å²) in [6, 6.07) is 7.71. The fraction of sp³-hybridized carbons (Fsp3) is 0.385. The summed E-state index contributed by atoms with van der Waals surface area (Å²) in [5, 5.41) is 7.95. The summed E-state index contributed by atoms with van der Waals surface area (Å²) >= 11 is 7.69. The second-order valence-corrected chi connectivity index (χ2v) is 5.76. The van der Waals surface area contributed by atoms with Gasteiger partial charge in [-0.2, -0.15) is 4.98 Å².